The molecule has 11 atom stereocenters. The number of phosphoric acid groups is 1. The summed E-state index contributed by atoms with van der Waals surface area (Å²) in [6, 6.07) is 40.5. The van der Waals surface area contributed by atoms with Crippen molar-refractivity contribution in [1.82, 2.24) is 5.32 Å². The number of hydrogen-bond donors (Lipinski definition) is 4. The minimum Gasteiger partial charge on any atom is -0.455 e. The topological polar surface area (TPSA) is 258 Å². The van der Waals surface area contributed by atoms with E-state index >= 15 is 9.59 Å². The Kier molecular flexibility index (Phi) is 22.6. The average molecular weight is 1590 g/mol. The molecule has 9 unspecified atom stereocenters. The number of ether oxygens (including phenoxy) is 6. The van der Waals surface area contributed by atoms with Gasteiger partial charge in [-0.2, -0.15) is 0 Å². The molecule has 1 aliphatic heterocycles. The minimum atomic E-state index is -4.50. The molecule has 434 valence electrons. The van der Waals surface area contributed by atoms with Crippen molar-refractivity contribution in [3.05, 3.63) is 191 Å². The van der Waals surface area contributed by atoms with Crippen molar-refractivity contribution in [1.29, 1.82) is 0 Å². The van der Waals surface area contributed by atoms with Crippen molar-refractivity contribution in [2.75, 3.05) is 20.0 Å². The summed E-state index contributed by atoms with van der Waals surface area (Å²) in [6.45, 7) is 5.75. The number of phosphoric ester groups is 1. The summed E-state index contributed by atoms with van der Waals surface area (Å²) in [4.78, 5) is 72.8. The number of aliphatic hydroxyl groups is 3. The van der Waals surface area contributed by atoms with Crippen LogP contribution in [-0.2, 0) is 69.4 Å². The van der Waals surface area contributed by atoms with Crippen molar-refractivity contribution in [2.24, 2.45) is 16.7 Å². The van der Waals surface area contributed by atoms with Gasteiger partial charge in [0.05, 0.1) is 49.6 Å². The van der Waals surface area contributed by atoms with Crippen LogP contribution in [0.25, 0.3) is 0 Å². The van der Waals surface area contributed by atoms with Gasteiger partial charge in [0.25, 0.3) is 5.91 Å². The molecule has 3 fully saturated rings. The molecule has 4 aliphatic rings. The Morgan fingerprint density at radius 3 is 1.81 bits per heavy atom. The second-order valence-electron chi connectivity index (χ2n) is 21.3. The minimum absolute atomic E-state index is 0. The number of hydrogen-bond acceptors (Lipinski definition) is 18. The molecule has 0 spiro atoms. The first kappa shape index (κ1) is 66.5. The van der Waals surface area contributed by atoms with Crippen LogP contribution in [0.5, 0.6) is 0 Å². The maximum absolute atomic E-state index is 15.9. The number of benzene rings is 5. The molecule has 1 amide bonds. The maximum Gasteiger partial charge on any atom is 0.509 e. The van der Waals surface area contributed by atoms with Crippen LogP contribution < -0.4 is 5.32 Å². The largest absolute Gasteiger partial charge is 0.509 e. The normalized spacial score (nSPS) is 26.7. The van der Waals surface area contributed by atoms with E-state index in [1.54, 1.807) is 127 Å². The number of amides is 1. The molecule has 2 radical (unpaired) electrons. The molecule has 5 aromatic carbocycles. The number of carbonyl (C=O) groups is 5. The first-order chi connectivity index (χ1) is 38.7. The molecular weight excluding hydrogens is 1520 g/mol. The van der Waals surface area contributed by atoms with Crippen molar-refractivity contribution >= 4 is 37.6 Å². The molecule has 2 saturated carbocycles. The van der Waals surface area contributed by atoms with Gasteiger partial charge in [-0.05, 0) is 72.9 Å². The number of nitrogens with one attached hydrogen (secondary N) is 1. The van der Waals surface area contributed by atoms with Crippen LogP contribution in [-0.4, -0.2) is 113 Å². The van der Waals surface area contributed by atoms with Crippen molar-refractivity contribution in [3.8, 4) is 0 Å². The molecule has 83 heavy (non-hydrogen) atoms. The van der Waals surface area contributed by atoms with Crippen LogP contribution in [0.15, 0.2) is 163 Å². The first-order valence-electron chi connectivity index (χ1n) is 26.7. The van der Waals surface area contributed by atoms with Gasteiger partial charge >= 0.3 is 25.9 Å². The molecule has 3 aliphatic carbocycles. The van der Waals surface area contributed by atoms with Crippen LogP contribution in [0.3, 0.4) is 0 Å². The number of ketones is 1. The van der Waals surface area contributed by atoms with Gasteiger partial charge < -0.3 is 49.1 Å². The Bertz CT molecular complexity index is 3100. The number of esters is 2. The van der Waals surface area contributed by atoms with E-state index in [1.807, 2.05) is 12.1 Å². The van der Waals surface area contributed by atoms with Crippen LogP contribution >= 0.6 is 7.82 Å². The van der Waals surface area contributed by atoms with Crippen LogP contribution in [0.4, 0.5) is 4.79 Å². The Morgan fingerprint density at radius 1 is 0.747 bits per heavy atom. The predicted octanol–water partition coefficient (Wildman–Crippen LogP) is 8.32. The van der Waals surface area contributed by atoms with E-state index in [-0.39, 0.29) is 137 Å². The molecule has 19 nitrogen and oxygen atoms in total. The molecule has 9 rings (SSSR count). The zero-order chi connectivity index (χ0) is 57.7. The summed E-state index contributed by atoms with van der Waals surface area (Å²) in [5.41, 5.74) is -6.56. The van der Waals surface area contributed by atoms with Gasteiger partial charge in [0, 0.05) is 118 Å². The number of carbonyl (C=O) groups excluding carboxylic acids is 5. The van der Waals surface area contributed by atoms with Gasteiger partial charge in [0.15, 0.2) is 12.6 Å². The molecule has 4 N–H and O–H groups in total. The molecule has 5 aromatic rings. The number of fused-ring (bicyclic) bond motifs is 5. The summed E-state index contributed by atoms with van der Waals surface area (Å²) in [7, 11) is -4.50. The monoisotopic (exact) mass is 1590 g/mol. The molecule has 0 aromatic heterocycles. The SMILES string of the molecule is CCOC(=O)OC(C(=O)OC1CC2(O)C(OC(=O)c3ccccc3)C3[C@]4(O)COC4CC(OCOP(=O)(OCc4ccccc4)OCc4ccccc4)[C@@]3(C)C(=O)C(O)C(=C1C)C2(C)C)C(NC(=O)c1ccccc1)c1ccccc1.[Ac].[Ac]. The molecule has 2 bridgehead atoms. The Hall–Kier alpha value is -4.02. The van der Waals surface area contributed by atoms with Crippen LogP contribution in [0.2, 0.25) is 0 Å². The molecule has 22 heteroatoms. The fourth-order valence-corrected chi connectivity index (χ4v) is 12.9. The standard InChI is InChI=1S/C61H66NO18P.2Ac/c1-6-72-57(68)79-50(48(41-26-16-9-17-27-41)62-54(65)42-28-18-10-19-29-42)56(67)78-44-33-61(70)53(80-55(66)43-30-20-11-21-31-43)51-59(5,52(64)49(63)47(38(44)2)58(61,3)4)45(32-46-60(51,69)36-73-46)74-37-77-81(71,75-34-39-22-12-7-13-23-39)76-35-40-24-14-8-15-25-40;;/h7-31,44-46,48-51,53,63,69-70H,6,32-37H2,1-5H3,(H,62,65);;/t44?,45?,46?,48?,49?,50?,51?,53?,59-,60+,61?;;/m1../s1. The van der Waals surface area contributed by atoms with Crippen molar-refractivity contribution in [2.45, 2.75) is 115 Å². The maximum atomic E-state index is 15.9. The zero-order valence-corrected chi connectivity index (χ0v) is 57.0. The van der Waals surface area contributed by atoms with Crippen molar-refractivity contribution < 1.29 is 174 Å². The Balaban J connectivity index is 0.00000495. The fourth-order valence-electron chi connectivity index (χ4n) is 11.9. The van der Waals surface area contributed by atoms with E-state index in [4.69, 9.17) is 42.0 Å². The third-order valence-electron chi connectivity index (χ3n) is 16.3. The van der Waals surface area contributed by atoms with Gasteiger partial charge in [-0.15, -0.1) is 0 Å². The van der Waals surface area contributed by atoms with Crippen LogP contribution in [0, 0.1) is 105 Å². The van der Waals surface area contributed by atoms with E-state index in [0.717, 1.165) is 0 Å². The number of rotatable bonds is 20. The first-order valence-corrected chi connectivity index (χ1v) is 28.1. The van der Waals surface area contributed by atoms with E-state index in [0.29, 0.717) is 16.7 Å². The second-order valence-corrected chi connectivity index (χ2v) is 23.0. The van der Waals surface area contributed by atoms with E-state index in [1.165, 1.54) is 46.8 Å². The van der Waals surface area contributed by atoms with E-state index in [9.17, 15) is 34.3 Å². The van der Waals surface area contributed by atoms with Gasteiger partial charge in [-0.25, -0.2) is 18.9 Å². The quantitative estimate of drug-likeness (QED) is 0.0188. The van der Waals surface area contributed by atoms with Crippen LogP contribution in [0.1, 0.15) is 90.9 Å². The summed E-state index contributed by atoms with van der Waals surface area (Å²) in [5, 5.41) is 42.7. The fraction of sp³-hybridized carbons (Fsp3) is 0.393. The van der Waals surface area contributed by atoms with E-state index in [2.05, 4.69) is 5.32 Å². The second kappa shape index (κ2) is 28.2. The predicted molar refractivity (Wildman–Crippen MR) is 289 cm³/mol. The van der Waals surface area contributed by atoms with Gasteiger partial charge in [0.2, 0.25) is 6.10 Å². The summed E-state index contributed by atoms with van der Waals surface area (Å²) < 4.78 is 68.1. The Morgan fingerprint density at radius 2 is 1.28 bits per heavy atom. The van der Waals surface area contributed by atoms with Gasteiger partial charge in [0.1, 0.15) is 35.6 Å². The summed E-state index contributed by atoms with van der Waals surface area (Å²) in [5.74, 6) is -5.48. The van der Waals surface area contributed by atoms with Gasteiger partial charge in [-0.1, -0.05) is 141 Å². The number of aliphatic hydroxyl groups excluding tert-OH is 1. The average Bonchev–Trinajstić information content (AvgIpc) is 0.731. The molecular formula is C61H66Ac2NO18P. The number of Topliss-reactive ketones (excluding diaryl/α,β-unsaturated/α-hetero) is 1. The molecule has 1 heterocycles. The zero-order valence-electron chi connectivity index (χ0n) is 46.6. The summed E-state index contributed by atoms with van der Waals surface area (Å²) >= 11 is 0. The smallest absolute Gasteiger partial charge is 0.455 e. The van der Waals surface area contributed by atoms with Crippen molar-refractivity contribution in [3.63, 3.8) is 0 Å². The summed E-state index contributed by atoms with van der Waals surface area (Å²) in [6.07, 6.45) is -12.3. The Labute approximate surface area is 553 Å². The van der Waals surface area contributed by atoms with E-state index < -0.39 is 128 Å². The molecule has 1 saturated heterocycles. The third-order valence-corrected chi connectivity index (χ3v) is 17.6. The third kappa shape index (κ3) is 13.9. The van der Waals surface area contributed by atoms with Gasteiger partial charge in [-0.3, -0.25) is 23.2 Å².